The number of hydrogen-bond donors (Lipinski definition) is 2. The Morgan fingerprint density at radius 1 is 1.45 bits per heavy atom. The normalized spacial score (nSPS) is 12.8. The lowest BCUT2D eigenvalue weighted by atomic mass is 9.99. The van der Waals surface area contributed by atoms with Crippen LogP contribution in [0.5, 0.6) is 0 Å². The van der Waals surface area contributed by atoms with Gasteiger partial charge in [-0.3, -0.25) is 4.79 Å². The molecule has 0 aliphatic heterocycles. The molecule has 0 radical (unpaired) electrons. The van der Waals surface area contributed by atoms with Crippen molar-refractivity contribution in [2.24, 2.45) is 11.7 Å². The van der Waals surface area contributed by atoms with E-state index in [2.05, 4.69) is 21.8 Å². The largest absolute Gasteiger partial charge is 0.353 e. The molecule has 1 amide bonds. The maximum absolute atomic E-state index is 11.8. The minimum Gasteiger partial charge on any atom is -0.353 e. The van der Waals surface area contributed by atoms with Crippen LogP contribution in [0, 0.1) is 5.92 Å². The van der Waals surface area contributed by atoms with Gasteiger partial charge in [0.1, 0.15) is 5.82 Å². The molecule has 0 aliphatic rings. The number of aromatic nitrogens is 2. The van der Waals surface area contributed by atoms with Gasteiger partial charge in [0.2, 0.25) is 5.91 Å². The van der Waals surface area contributed by atoms with Gasteiger partial charge in [-0.2, -0.15) is 0 Å². The molecule has 118 valence electrons. The van der Waals surface area contributed by atoms with E-state index in [0.717, 1.165) is 25.2 Å². The highest BCUT2D eigenvalue weighted by Crippen LogP contribution is 2.05. The minimum atomic E-state index is -0.413. The lowest BCUT2D eigenvalue weighted by molar-refractivity contribution is -0.123. The number of rotatable bonds is 7. The Kier molecular flexibility index (Phi) is 11.8. The number of halogens is 2. The van der Waals surface area contributed by atoms with E-state index in [1.807, 2.05) is 20.0 Å². The first-order chi connectivity index (χ1) is 8.60. The monoisotopic (exact) mass is 324 g/mol. The minimum absolute atomic E-state index is 0. The highest BCUT2D eigenvalue weighted by Gasteiger charge is 2.18. The smallest absolute Gasteiger partial charge is 0.237 e. The summed E-state index contributed by atoms with van der Waals surface area (Å²) in [5.41, 5.74) is 5.86. The van der Waals surface area contributed by atoms with Gasteiger partial charge < -0.3 is 15.6 Å². The number of nitrogens with zero attached hydrogens (tertiary/aromatic N) is 2. The van der Waals surface area contributed by atoms with Crippen LogP contribution in [0.2, 0.25) is 0 Å². The third-order valence-corrected chi connectivity index (χ3v) is 3.33. The van der Waals surface area contributed by atoms with E-state index in [0.29, 0.717) is 6.54 Å². The van der Waals surface area contributed by atoms with Crippen molar-refractivity contribution in [1.82, 2.24) is 14.9 Å². The summed E-state index contributed by atoms with van der Waals surface area (Å²) in [7, 11) is 0. The van der Waals surface area contributed by atoms with E-state index >= 15 is 0 Å². The molecule has 3 N–H and O–H groups in total. The van der Waals surface area contributed by atoms with Crippen LogP contribution in [-0.4, -0.2) is 28.0 Å². The molecule has 0 aliphatic carbocycles. The van der Waals surface area contributed by atoms with Crippen LogP contribution in [0.15, 0.2) is 12.4 Å². The van der Waals surface area contributed by atoms with Crippen molar-refractivity contribution in [3.8, 4) is 0 Å². The average Bonchev–Trinajstić information content (AvgIpc) is 2.84. The molecule has 0 saturated heterocycles. The third-order valence-electron chi connectivity index (χ3n) is 3.33. The molecule has 0 bridgehead atoms. The van der Waals surface area contributed by atoms with E-state index in [1.165, 1.54) is 0 Å². The van der Waals surface area contributed by atoms with Gasteiger partial charge in [-0.15, -0.1) is 24.8 Å². The molecule has 5 nitrogen and oxygen atoms in total. The van der Waals surface area contributed by atoms with Crippen LogP contribution < -0.4 is 11.1 Å². The van der Waals surface area contributed by atoms with Crippen molar-refractivity contribution in [2.75, 3.05) is 6.54 Å². The molecule has 1 aromatic heterocycles. The third kappa shape index (κ3) is 6.11. The van der Waals surface area contributed by atoms with Gasteiger partial charge in [0, 0.05) is 31.9 Å². The Labute approximate surface area is 133 Å². The second kappa shape index (κ2) is 10.9. The number of carbonyl (C=O) groups excluding carboxylic acids is 1. The molecule has 20 heavy (non-hydrogen) atoms. The number of aryl methyl sites for hydroxylation is 1. The van der Waals surface area contributed by atoms with Crippen molar-refractivity contribution < 1.29 is 4.79 Å². The first-order valence-corrected chi connectivity index (χ1v) is 6.63. The Balaban J connectivity index is 0. The first kappa shape index (κ1) is 21.5. The van der Waals surface area contributed by atoms with Crippen LogP contribution in [0.25, 0.3) is 0 Å². The highest BCUT2D eigenvalue weighted by atomic mass is 35.5. The van der Waals surface area contributed by atoms with Crippen molar-refractivity contribution in [3.63, 3.8) is 0 Å². The number of carbonyl (C=O) groups is 1. The first-order valence-electron chi connectivity index (χ1n) is 6.63. The Morgan fingerprint density at radius 3 is 2.65 bits per heavy atom. The molecule has 0 spiro atoms. The van der Waals surface area contributed by atoms with Crippen molar-refractivity contribution >= 4 is 30.7 Å². The van der Waals surface area contributed by atoms with Crippen molar-refractivity contribution in [2.45, 2.75) is 46.2 Å². The molecule has 1 aromatic rings. The van der Waals surface area contributed by atoms with Crippen LogP contribution >= 0.6 is 24.8 Å². The van der Waals surface area contributed by atoms with Gasteiger partial charge in [-0.1, -0.05) is 27.2 Å². The average molecular weight is 325 g/mol. The molecule has 0 unspecified atom stereocenters. The molecule has 2 atom stereocenters. The number of imidazole rings is 1. The SMILES string of the molecule is CCc1nccn1CCNC(=O)[C@@H](N)[C@@H](C)CC.Cl.Cl. The van der Waals surface area contributed by atoms with E-state index in [9.17, 15) is 4.79 Å². The zero-order valence-corrected chi connectivity index (χ0v) is 14.0. The second-order valence-corrected chi connectivity index (χ2v) is 4.59. The second-order valence-electron chi connectivity index (χ2n) is 4.59. The van der Waals surface area contributed by atoms with Crippen molar-refractivity contribution in [1.29, 1.82) is 0 Å². The van der Waals surface area contributed by atoms with Crippen LogP contribution in [0.3, 0.4) is 0 Å². The molecule has 0 aromatic carbocycles. The summed E-state index contributed by atoms with van der Waals surface area (Å²) in [6.07, 6.45) is 5.52. The van der Waals surface area contributed by atoms with Gasteiger partial charge >= 0.3 is 0 Å². The van der Waals surface area contributed by atoms with Gasteiger partial charge in [0.05, 0.1) is 6.04 Å². The van der Waals surface area contributed by atoms with Crippen molar-refractivity contribution in [3.05, 3.63) is 18.2 Å². The summed E-state index contributed by atoms with van der Waals surface area (Å²) in [6, 6.07) is -0.413. The summed E-state index contributed by atoms with van der Waals surface area (Å²) in [6.45, 7) is 7.43. The number of nitrogens with one attached hydrogen (secondary N) is 1. The molecule has 0 fully saturated rings. The van der Waals surface area contributed by atoms with Crippen LogP contribution in [0.1, 0.15) is 33.0 Å². The number of nitrogens with two attached hydrogens (primary N) is 1. The Morgan fingerprint density at radius 2 is 2.10 bits per heavy atom. The predicted octanol–water partition coefficient (Wildman–Crippen LogP) is 1.78. The summed E-state index contributed by atoms with van der Waals surface area (Å²) in [4.78, 5) is 16.0. The lowest BCUT2D eigenvalue weighted by Crippen LogP contribution is -2.45. The Hall–Kier alpha value is -0.780. The zero-order chi connectivity index (χ0) is 13.5. The number of hydrogen-bond acceptors (Lipinski definition) is 3. The van der Waals surface area contributed by atoms with E-state index in [-0.39, 0.29) is 36.6 Å². The molecular weight excluding hydrogens is 299 g/mol. The van der Waals surface area contributed by atoms with Crippen LogP contribution in [0.4, 0.5) is 0 Å². The summed E-state index contributed by atoms with van der Waals surface area (Å²) in [5.74, 6) is 1.18. The van der Waals surface area contributed by atoms with E-state index < -0.39 is 6.04 Å². The predicted molar refractivity (Wildman–Crippen MR) is 86.5 cm³/mol. The van der Waals surface area contributed by atoms with Gasteiger partial charge in [0.15, 0.2) is 0 Å². The van der Waals surface area contributed by atoms with Gasteiger partial charge in [-0.05, 0) is 5.92 Å². The maximum atomic E-state index is 11.8. The molecule has 0 saturated carbocycles. The molecular formula is C13H26Cl2N4O. The quantitative estimate of drug-likeness (QED) is 0.802. The summed E-state index contributed by atoms with van der Waals surface area (Å²) in [5, 5.41) is 2.87. The van der Waals surface area contributed by atoms with E-state index in [1.54, 1.807) is 6.20 Å². The van der Waals surface area contributed by atoms with Gasteiger partial charge in [-0.25, -0.2) is 4.98 Å². The fourth-order valence-electron chi connectivity index (χ4n) is 1.79. The zero-order valence-electron chi connectivity index (χ0n) is 12.3. The van der Waals surface area contributed by atoms with E-state index in [4.69, 9.17) is 5.73 Å². The lowest BCUT2D eigenvalue weighted by Gasteiger charge is -2.18. The standard InChI is InChI=1S/C13H24N4O.2ClH/c1-4-10(3)12(14)13(18)16-7-9-17-8-6-15-11(17)5-2;;/h6,8,10,12H,4-5,7,9,14H2,1-3H3,(H,16,18);2*1H/t10-,12-;;/m0../s1. The fraction of sp³-hybridized carbons (Fsp3) is 0.692. The molecule has 1 heterocycles. The summed E-state index contributed by atoms with van der Waals surface area (Å²) >= 11 is 0. The summed E-state index contributed by atoms with van der Waals surface area (Å²) < 4.78 is 2.05. The molecule has 7 heteroatoms. The number of amides is 1. The Bertz CT molecular complexity index is 384. The fourth-order valence-corrected chi connectivity index (χ4v) is 1.79. The molecule has 1 rings (SSSR count). The van der Waals surface area contributed by atoms with Gasteiger partial charge in [0.25, 0.3) is 0 Å². The maximum Gasteiger partial charge on any atom is 0.237 e. The highest BCUT2D eigenvalue weighted by molar-refractivity contribution is 5.85. The topological polar surface area (TPSA) is 72.9 Å². The van der Waals surface area contributed by atoms with Crippen LogP contribution in [-0.2, 0) is 17.8 Å².